The van der Waals surface area contributed by atoms with Gasteiger partial charge in [-0.3, -0.25) is 0 Å². The van der Waals surface area contributed by atoms with Crippen LogP contribution in [0.4, 0.5) is 4.39 Å². The molecule has 0 saturated carbocycles. The number of hydrogen-bond donors (Lipinski definition) is 0. The molecule has 1 unspecified atom stereocenters. The molecular formula is C10H12ClF. The largest absolute Gasteiger partial charge is 0.206 e. The highest BCUT2D eigenvalue weighted by molar-refractivity contribution is 6.20. The first-order valence-corrected chi connectivity index (χ1v) is 4.36. The lowest BCUT2D eigenvalue weighted by Crippen LogP contribution is -1.92. The van der Waals surface area contributed by atoms with Crippen LogP contribution in [-0.2, 0) is 0 Å². The molecule has 0 aliphatic rings. The molecule has 0 bridgehead atoms. The maximum atomic E-state index is 13.1. The summed E-state index contributed by atoms with van der Waals surface area (Å²) in [6.07, 6.45) is 0. The molecule has 0 amide bonds. The SMILES string of the molecule is Cc1cc(C(C)Cl)cc(C)c1F. The van der Waals surface area contributed by atoms with Crippen LogP contribution >= 0.6 is 11.6 Å². The third-order valence-corrected chi connectivity index (χ3v) is 2.17. The van der Waals surface area contributed by atoms with E-state index in [1.807, 2.05) is 6.92 Å². The van der Waals surface area contributed by atoms with Gasteiger partial charge in [0.05, 0.1) is 5.38 Å². The van der Waals surface area contributed by atoms with Gasteiger partial charge in [0.15, 0.2) is 0 Å². The first kappa shape index (κ1) is 9.53. The maximum Gasteiger partial charge on any atom is 0.129 e. The van der Waals surface area contributed by atoms with Gasteiger partial charge in [0, 0.05) is 0 Å². The van der Waals surface area contributed by atoms with E-state index in [0.29, 0.717) is 11.1 Å². The second-order valence-corrected chi connectivity index (χ2v) is 3.74. The minimum absolute atomic E-state index is 0.0528. The van der Waals surface area contributed by atoms with Crippen molar-refractivity contribution in [2.75, 3.05) is 0 Å². The number of halogens is 2. The van der Waals surface area contributed by atoms with E-state index in [9.17, 15) is 4.39 Å². The van der Waals surface area contributed by atoms with E-state index in [1.54, 1.807) is 26.0 Å². The van der Waals surface area contributed by atoms with Crippen LogP contribution in [0.15, 0.2) is 12.1 Å². The molecule has 0 aliphatic heterocycles. The highest BCUT2D eigenvalue weighted by Crippen LogP contribution is 2.23. The fraction of sp³-hybridized carbons (Fsp3) is 0.400. The fourth-order valence-corrected chi connectivity index (χ4v) is 1.34. The normalized spacial score (nSPS) is 13.1. The predicted octanol–water partition coefficient (Wildman–Crippen LogP) is 3.74. The summed E-state index contributed by atoms with van der Waals surface area (Å²) in [5.74, 6) is -0.129. The first-order valence-electron chi connectivity index (χ1n) is 3.93. The van der Waals surface area contributed by atoms with Gasteiger partial charge in [-0.05, 0) is 37.5 Å². The lowest BCUT2D eigenvalue weighted by molar-refractivity contribution is 0.608. The van der Waals surface area contributed by atoms with Crippen LogP contribution in [0.5, 0.6) is 0 Å². The summed E-state index contributed by atoms with van der Waals surface area (Å²) in [7, 11) is 0. The van der Waals surface area contributed by atoms with Gasteiger partial charge in [-0.25, -0.2) is 4.39 Å². The number of aryl methyl sites for hydroxylation is 2. The summed E-state index contributed by atoms with van der Waals surface area (Å²) in [5.41, 5.74) is 2.31. The molecule has 66 valence electrons. The summed E-state index contributed by atoms with van der Waals surface area (Å²) < 4.78 is 13.1. The molecule has 0 spiro atoms. The second-order valence-electron chi connectivity index (χ2n) is 3.08. The second kappa shape index (κ2) is 3.44. The van der Waals surface area contributed by atoms with Crippen LogP contribution in [0, 0.1) is 19.7 Å². The van der Waals surface area contributed by atoms with Gasteiger partial charge in [-0.15, -0.1) is 11.6 Å². The van der Waals surface area contributed by atoms with Crippen molar-refractivity contribution in [1.82, 2.24) is 0 Å². The van der Waals surface area contributed by atoms with Gasteiger partial charge in [0.1, 0.15) is 5.82 Å². The Bertz CT molecular complexity index is 269. The number of benzene rings is 1. The van der Waals surface area contributed by atoms with E-state index in [0.717, 1.165) is 5.56 Å². The molecule has 0 aromatic heterocycles. The molecule has 1 rings (SSSR count). The number of hydrogen-bond acceptors (Lipinski definition) is 0. The molecule has 2 heteroatoms. The quantitative estimate of drug-likeness (QED) is 0.587. The summed E-state index contributed by atoms with van der Waals surface area (Å²) >= 11 is 5.88. The Morgan fingerprint density at radius 1 is 1.25 bits per heavy atom. The van der Waals surface area contributed by atoms with E-state index < -0.39 is 0 Å². The van der Waals surface area contributed by atoms with E-state index >= 15 is 0 Å². The summed E-state index contributed by atoms with van der Waals surface area (Å²) in [4.78, 5) is 0. The highest BCUT2D eigenvalue weighted by Gasteiger charge is 2.07. The molecule has 0 N–H and O–H groups in total. The van der Waals surface area contributed by atoms with Crippen LogP contribution in [0.25, 0.3) is 0 Å². The Balaban J connectivity index is 3.21. The van der Waals surface area contributed by atoms with Crippen molar-refractivity contribution in [2.45, 2.75) is 26.1 Å². The van der Waals surface area contributed by atoms with Crippen molar-refractivity contribution >= 4 is 11.6 Å². The molecule has 0 fully saturated rings. The topological polar surface area (TPSA) is 0 Å². The van der Waals surface area contributed by atoms with Crippen LogP contribution in [0.3, 0.4) is 0 Å². The molecule has 0 aliphatic carbocycles. The van der Waals surface area contributed by atoms with Crippen LogP contribution in [0.1, 0.15) is 29.0 Å². The van der Waals surface area contributed by atoms with E-state index in [2.05, 4.69) is 0 Å². The zero-order valence-corrected chi connectivity index (χ0v) is 8.24. The van der Waals surface area contributed by atoms with Crippen molar-refractivity contribution in [2.24, 2.45) is 0 Å². The number of alkyl halides is 1. The van der Waals surface area contributed by atoms with E-state index in [1.165, 1.54) is 0 Å². The molecule has 0 saturated heterocycles. The van der Waals surface area contributed by atoms with Crippen molar-refractivity contribution < 1.29 is 4.39 Å². The molecule has 1 aromatic carbocycles. The number of rotatable bonds is 1. The van der Waals surface area contributed by atoms with Crippen LogP contribution < -0.4 is 0 Å². The third-order valence-electron chi connectivity index (χ3n) is 1.92. The zero-order valence-electron chi connectivity index (χ0n) is 7.49. The molecule has 1 aromatic rings. The molecule has 1 atom stereocenters. The Kier molecular flexibility index (Phi) is 2.73. The van der Waals surface area contributed by atoms with Gasteiger partial charge in [0.2, 0.25) is 0 Å². The zero-order chi connectivity index (χ0) is 9.30. The van der Waals surface area contributed by atoms with Crippen molar-refractivity contribution in [3.63, 3.8) is 0 Å². The molecule has 12 heavy (non-hydrogen) atoms. The van der Waals surface area contributed by atoms with E-state index in [4.69, 9.17) is 11.6 Å². The summed E-state index contributed by atoms with van der Waals surface area (Å²) in [5, 5.41) is -0.0528. The van der Waals surface area contributed by atoms with Crippen molar-refractivity contribution in [3.8, 4) is 0 Å². The maximum absolute atomic E-state index is 13.1. The van der Waals surface area contributed by atoms with Crippen LogP contribution in [-0.4, -0.2) is 0 Å². The van der Waals surface area contributed by atoms with E-state index in [-0.39, 0.29) is 11.2 Å². The Morgan fingerprint density at radius 2 is 1.67 bits per heavy atom. The monoisotopic (exact) mass is 186 g/mol. The average molecular weight is 187 g/mol. The highest BCUT2D eigenvalue weighted by atomic mass is 35.5. The predicted molar refractivity (Wildman–Crippen MR) is 50.1 cm³/mol. The van der Waals surface area contributed by atoms with Gasteiger partial charge in [0.25, 0.3) is 0 Å². The smallest absolute Gasteiger partial charge is 0.129 e. The molecule has 0 heterocycles. The standard InChI is InChI=1S/C10H12ClF/c1-6-4-9(8(3)11)5-7(2)10(6)12/h4-5,8H,1-3H3. The van der Waals surface area contributed by atoms with Crippen molar-refractivity contribution in [3.05, 3.63) is 34.6 Å². The third kappa shape index (κ3) is 1.78. The summed E-state index contributed by atoms with van der Waals surface area (Å²) in [6.45, 7) is 5.39. The first-order chi connectivity index (χ1) is 5.52. The Hall–Kier alpha value is -0.560. The van der Waals surface area contributed by atoms with Gasteiger partial charge < -0.3 is 0 Å². The van der Waals surface area contributed by atoms with Gasteiger partial charge in [-0.2, -0.15) is 0 Å². The minimum atomic E-state index is -0.129. The fourth-order valence-electron chi connectivity index (χ4n) is 1.21. The average Bonchev–Trinajstić information content (AvgIpc) is 1.99. The van der Waals surface area contributed by atoms with Crippen molar-refractivity contribution in [1.29, 1.82) is 0 Å². The minimum Gasteiger partial charge on any atom is -0.206 e. The molecule has 0 radical (unpaired) electrons. The lowest BCUT2D eigenvalue weighted by Gasteiger charge is -2.07. The lowest BCUT2D eigenvalue weighted by atomic mass is 10.0. The Labute approximate surface area is 77.4 Å². The molecular weight excluding hydrogens is 175 g/mol. The molecule has 0 nitrogen and oxygen atoms in total. The van der Waals surface area contributed by atoms with Crippen LogP contribution in [0.2, 0.25) is 0 Å². The summed E-state index contributed by atoms with van der Waals surface area (Å²) in [6, 6.07) is 3.58. The Morgan fingerprint density at radius 3 is 2.00 bits per heavy atom. The van der Waals surface area contributed by atoms with Gasteiger partial charge >= 0.3 is 0 Å². The van der Waals surface area contributed by atoms with Gasteiger partial charge in [-0.1, -0.05) is 12.1 Å².